The van der Waals surface area contributed by atoms with Crippen molar-refractivity contribution in [1.29, 1.82) is 0 Å². The lowest BCUT2D eigenvalue weighted by molar-refractivity contribution is 0.0912. The Morgan fingerprint density at radius 2 is 2.00 bits per heavy atom. The maximum atomic E-state index is 13.6. The van der Waals surface area contributed by atoms with Crippen LogP contribution in [0.1, 0.15) is 22.0 Å². The highest BCUT2D eigenvalue weighted by Crippen LogP contribution is 2.26. The topological polar surface area (TPSA) is 49.3 Å². The summed E-state index contributed by atoms with van der Waals surface area (Å²) in [5.41, 5.74) is 0.324. The van der Waals surface area contributed by atoms with Crippen LogP contribution in [-0.2, 0) is 0 Å². The molecule has 3 nitrogen and oxygen atoms in total. The van der Waals surface area contributed by atoms with E-state index in [1.807, 2.05) is 0 Å². The van der Waals surface area contributed by atoms with Crippen molar-refractivity contribution in [1.82, 2.24) is 5.32 Å². The molecule has 116 valence electrons. The van der Waals surface area contributed by atoms with Crippen LogP contribution in [0.4, 0.5) is 4.39 Å². The summed E-state index contributed by atoms with van der Waals surface area (Å²) in [5, 5.41) is 13.3. The lowest BCUT2D eigenvalue weighted by Gasteiger charge is -2.14. The van der Waals surface area contributed by atoms with Crippen molar-refractivity contribution in [2.24, 2.45) is 0 Å². The van der Waals surface area contributed by atoms with Crippen molar-refractivity contribution in [3.05, 3.63) is 67.9 Å². The molecule has 0 saturated carbocycles. The summed E-state index contributed by atoms with van der Waals surface area (Å²) < 4.78 is 14.2. The number of halogens is 4. The molecule has 2 aromatic rings. The maximum absolute atomic E-state index is 13.6. The second kappa shape index (κ2) is 7.42. The molecule has 0 radical (unpaired) electrons. The first-order valence-corrected chi connectivity index (χ1v) is 7.79. The number of hydrogen-bond donors (Lipinski definition) is 2. The van der Waals surface area contributed by atoms with Gasteiger partial charge in [-0.3, -0.25) is 4.79 Å². The van der Waals surface area contributed by atoms with Crippen molar-refractivity contribution in [2.75, 3.05) is 6.54 Å². The Bertz CT molecular complexity index is 712. The summed E-state index contributed by atoms with van der Waals surface area (Å²) in [7, 11) is 0. The van der Waals surface area contributed by atoms with E-state index in [4.69, 9.17) is 23.2 Å². The first-order chi connectivity index (χ1) is 10.4. The molecule has 0 bridgehead atoms. The molecule has 2 aromatic carbocycles. The molecule has 1 atom stereocenters. The van der Waals surface area contributed by atoms with Gasteiger partial charge in [-0.05, 0) is 30.3 Å². The van der Waals surface area contributed by atoms with Gasteiger partial charge in [-0.25, -0.2) is 4.39 Å². The zero-order chi connectivity index (χ0) is 16.3. The Balaban J connectivity index is 2.05. The molecule has 1 unspecified atom stereocenters. The van der Waals surface area contributed by atoms with Crippen molar-refractivity contribution in [3.63, 3.8) is 0 Å². The van der Waals surface area contributed by atoms with Crippen LogP contribution in [0.2, 0.25) is 10.0 Å². The standard InChI is InChI=1S/C15H11BrCl2FNO2/c16-8-1-4-13(19)11(5-8)15(22)20-7-14(21)10-3-2-9(17)6-12(10)18/h1-6,14,21H,7H2,(H,20,22). The smallest absolute Gasteiger partial charge is 0.254 e. The molecule has 0 aliphatic rings. The van der Waals surface area contributed by atoms with Crippen LogP contribution in [0, 0.1) is 5.82 Å². The van der Waals surface area contributed by atoms with Gasteiger partial charge < -0.3 is 10.4 Å². The molecule has 2 rings (SSSR count). The average molecular weight is 407 g/mol. The van der Waals surface area contributed by atoms with E-state index < -0.39 is 17.8 Å². The second-order valence-corrected chi connectivity index (χ2v) is 6.28. The fourth-order valence-electron chi connectivity index (χ4n) is 1.84. The van der Waals surface area contributed by atoms with Crippen LogP contribution in [-0.4, -0.2) is 17.6 Å². The van der Waals surface area contributed by atoms with E-state index >= 15 is 0 Å². The predicted molar refractivity (Wildman–Crippen MR) is 87.9 cm³/mol. The van der Waals surface area contributed by atoms with Gasteiger partial charge in [0.1, 0.15) is 5.82 Å². The fraction of sp³-hybridized carbons (Fsp3) is 0.133. The van der Waals surface area contributed by atoms with Gasteiger partial charge in [-0.1, -0.05) is 45.2 Å². The van der Waals surface area contributed by atoms with Gasteiger partial charge in [0, 0.05) is 26.6 Å². The molecule has 0 aliphatic carbocycles. The first kappa shape index (κ1) is 17.2. The lowest BCUT2D eigenvalue weighted by atomic mass is 10.1. The minimum absolute atomic E-state index is 0.105. The molecule has 0 spiro atoms. The molecule has 0 aliphatic heterocycles. The molecule has 1 amide bonds. The van der Waals surface area contributed by atoms with Crippen LogP contribution >= 0.6 is 39.1 Å². The number of aliphatic hydroxyl groups is 1. The number of amides is 1. The molecular formula is C15H11BrCl2FNO2. The number of hydrogen-bond acceptors (Lipinski definition) is 2. The summed E-state index contributed by atoms with van der Waals surface area (Å²) in [6.07, 6.45) is -1.02. The highest BCUT2D eigenvalue weighted by molar-refractivity contribution is 9.10. The zero-order valence-corrected chi connectivity index (χ0v) is 14.2. The van der Waals surface area contributed by atoms with Gasteiger partial charge in [0.05, 0.1) is 11.7 Å². The highest BCUT2D eigenvalue weighted by atomic mass is 79.9. The van der Waals surface area contributed by atoms with Crippen LogP contribution < -0.4 is 5.32 Å². The third-order valence-corrected chi connectivity index (χ3v) is 4.01. The van der Waals surface area contributed by atoms with Crippen LogP contribution in [0.25, 0.3) is 0 Å². The molecule has 7 heteroatoms. The van der Waals surface area contributed by atoms with Crippen molar-refractivity contribution in [3.8, 4) is 0 Å². The third kappa shape index (κ3) is 4.20. The summed E-state index contributed by atoms with van der Waals surface area (Å²) in [5.74, 6) is -1.26. The summed E-state index contributed by atoms with van der Waals surface area (Å²) >= 11 is 14.9. The zero-order valence-electron chi connectivity index (χ0n) is 11.1. The Morgan fingerprint density at radius 3 is 2.68 bits per heavy atom. The van der Waals surface area contributed by atoms with E-state index in [2.05, 4.69) is 21.2 Å². The van der Waals surface area contributed by atoms with E-state index in [0.29, 0.717) is 20.1 Å². The molecule has 22 heavy (non-hydrogen) atoms. The number of rotatable bonds is 4. The predicted octanol–water partition coefficient (Wildman–Crippen LogP) is 4.36. The molecular weight excluding hydrogens is 396 g/mol. The van der Waals surface area contributed by atoms with Gasteiger partial charge >= 0.3 is 0 Å². The van der Waals surface area contributed by atoms with E-state index in [1.54, 1.807) is 12.1 Å². The van der Waals surface area contributed by atoms with E-state index in [9.17, 15) is 14.3 Å². The van der Waals surface area contributed by atoms with Gasteiger partial charge in [0.2, 0.25) is 0 Å². The van der Waals surface area contributed by atoms with E-state index in [-0.39, 0.29) is 12.1 Å². The van der Waals surface area contributed by atoms with Crippen LogP contribution in [0.5, 0.6) is 0 Å². The second-order valence-electron chi connectivity index (χ2n) is 4.52. The normalized spacial score (nSPS) is 12.0. The number of benzene rings is 2. The van der Waals surface area contributed by atoms with Gasteiger partial charge in [0.25, 0.3) is 5.91 Å². The van der Waals surface area contributed by atoms with Crippen molar-refractivity contribution in [2.45, 2.75) is 6.10 Å². The Morgan fingerprint density at radius 1 is 1.27 bits per heavy atom. The number of nitrogens with one attached hydrogen (secondary N) is 1. The minimum Gasteiger partial charge on any atom is -0.387 e. The lowest BCUT2D eigenvalue weighted by Crippen LogP contribution is -2.29. The van der Waals surface area contributed by atoms with E-state index in [1.165, 1.54) is 24.3 Å². The minimum atomic E-state index is -1.02. The van der Waals surface area contributed by atoms with Gasteiger partial charge in [0.15, 0.2) is 0 Å². The van der Waals surface area contributed by atoms with Crippen LogP contribution in [0.15, 0.2) is 40.9 Å². The summed E-state index contributed by atoms with van der Waals surface area (Å²) in [6.45, 7) is -0.105. The SMILES string of the molecule is O=C(NCC(O)c1ccc(Cl)cc1Cl)c1cc(Br)ccc1F. The molecule has 0 fully saturated rings. The molecule has 0 aromatic heterocycles. The maximum Gasteiger partial charge on any atom is 0.254 e. The largest absolute Gasteiger partial charge is 0.387 e. The monoisotopic (exact) mass is 405 g/mol. The van der Waals surface area contributed by atoms with Crippen molar-refractivity contribution < 1.29 is 14.3 Å². The Labute approximate surface area is 145 Å². The van der Waals surface area contributed by atoms with E-state index in [0.717, 1.165) is 0 Å². The molecule has 0 heterocycles. The van der Waals surface area contributed by atoms with Gasteiger partial charge in [-0.2, -0.15) is 0 Å². The third-order valence-electron chi connectivity index (χ3n) is 2.95. The molecule has 0 saturated heterocycles. The van der Waals surface area contributed by atoms with Crippen LogP contribution in [0.3, 0.4) is 0 Å². The number of aliphatic hydroxyl groups excluding tert-OH is 1. The fourth-order valence-corrected chi connectivity index (χ4v) is 2.73. The first-order valence-electron chi connectivity index (χ1n) is 6.24. The highest BCUT2D eigenvalue weighted by Gasteiger charge is 2.16. The van der Waals surface area contributed by atoms with Crippen molar-refractivity contribution >= 4 is 45.0 Å². The number of carbonyl (C=O) groups is 1. The Kier molecular flexibility index (Phi) is 5.81. The quantitative estimate of drug-likeness (QED) is 0.792. The summed E-state index contributed by atoms with van der Waals surface area (Å²) in [4.78, 5) is 12.0. The molecule has 2 N–H and O–H groups in total. The number of carbonyl (C=O) groups excluding carboxylic acids is 1. The van der Waals surface area contributed by atoms with Gasteiger partial charge in [-0.15, -0.1) is 0 Å². The average Bonchev–Trinajstić information content (AvgIpc) is 2.47. The summed E-state index contributed by atoms with van der Waals surface area (Å²) in [6, 6.07) is 8.70. The Hall–Kier alpha value is -1.14.